The lowest BCUT2D eigenvalue weighted by Crippen LogP contribution is -2.36. The zero-order valence-corrected chi connectivity index (χ0v) is 22.4. The van der Waals surface area contributed by atoms with Crippen molar-refractivity contribution in [3.63, 3.8) is 0 Å². The van der Waals surface area contributed by atoms with Crippen LogP contribution in [-0.4, -0.2) is 37.4 Å². The summed E-state index contributed by atoms with van der Waals surface area (Å²) in [6.07, 6.45) is 0. The number of nitrogens with two attached hydrogens (primary N) is 1. The maximum absolute atomic E-state index is 13.2. The highest BCUT2D eigenvalue weighted by atomic mass is 16.5. The number of fused-ring (bicyclic) bond motifs is 1. The van der Waals surface area contributed by atoms with E-state index in [9.17, 15) is 28.8 Å². The Kier molecular flexibility index (Phi) is 7.53. The summed E-state index contributed by atoms with van der Waals surface area (Å²) in [5, 5.41) is 20.9. The summed E-state index contributed by atoms with van der Waals surface area (Å²) in [6, 6.07) is 13.5. The number of carboxylic acids is 1. The van der Waals surface area contributed by atoms with Crippen molar-refractivity contribution < 1.29 is 24.0 Å². The molecule has 2 heterocycles. The topological polar surface area (TPSA) is 228 Å². The van der Waals surface area contributed by atoms with Gasteiger partial charge in [0.15, 0.2) is 0 Å². The number of hydrogen-bond acceptors (Lipinski definition) is 11. The third-order valence-electron chi connectivity index (χ3n) is 6.65. The van der Waals surface area contributed by atoms with E-state index in [2.05, 4.69) is 30.6 Å². The number of carbonyl (C=O) groups excluding carboxylic acids is 2. The zero-order chi connectivity index (χ0) is 30.8. The van der Waals surface area contributed by atoms with Gasteiger partial charge in [0.25, 0.3) is 28.4 Å². The van der Waals surface area contributed by atoms with Crippen LogP contribution in [0.25, 0.3) is 5.78 Å². The van der Waals surface area contributed by atoms with Crippen molar-refractivity contribution in [2.24, 2.45) is 0 Å². The van der Waals surface area contributed by atoms with Gasteiger partial charge in [0.1, 0.15) is 22.8 Å². The molecule has 0 aliphatic carbocycles. The molecule has 6 N–H and O–H groups in total. The number of nitrogen functional groups attached to an aromatic ring is 1. The second kappa shape index (κ2) is 11.4. The van der Waals surface area contributed by atoms with Crippen molar-refractivity contribution in [3.05, 3.63) is 119 Å². The Hall–Kier alpha value is -6.12. The van der Waals surface area contributed by atoms with Crippen molar-refractivity contribution >= 4 is 34.9 Å². The molecule has 218 valence electrons. The Morgan fingerprint density at radius 1 is 0.977 bits per heavy atom. The Morgan fingerprint density at radius 2 is 1.67 bits per heavy atom. The highest BCUT2D eigenvalue weighted by Crippen LogP contribution is 2.16. The van der Waals surface area contributed by atoms with E-state index < -0.39 is 40.4 Å². The summed E-state index contributed by atoms with van der Waals surface area (Å²) < 4.78 is 5.48. The normalized spacial score (nSPS) is 11.7. The summed E-state index contributed by atoms with van der Waals surface area (Å²) in [7, 11) is 0. The average Bonchev–Trinajstić information content (AvgIpc) is 3.39. The predicted molar refractivity (Wildman–Crippen MR) is 152 cm³/mol. The first-order valence-electron chi connectivity index (χ1n) is 12.8. The van der Waals surface area contributed by atoms with E-state index >= 15 is 0 Å². The number of anilines is 2. The Balaban J connectivity index is 1.29. The molecule has 0 spiro atoms. The van der Waals surface area contributed by atoms with Gasteiger partial charge in [0, 0.05) is 13.1 Å². The summed E-state index contributed by atoms with van der Waals surface area (Å²) >= 11 is 0. The van der Waals surface area contributed by atoms with Gasteiger partial charge in [-0.1, -0.05) is 36.4 Å². The molecular formula is C28H23N7O8. The van der Waals surface area contributed by atoms with Crippen molar-refractivity contribution in [2.45, 2.75) is 26.1 Å². The second-order valence-electron chi connectivity index (χ2n) is 9.54. The van der Waals surface area contributed by atoms with Crippen LogP contribution in [0.2, 0.25) is 0 Å². The van der Waals surface area contributed by atoms with Crippen LogP contribution in [0.5, 0.6) is 0 Å². The molecular weight excluding hydrogens is 562 g/mol. The van der Waals surface area contributed by atoms with Crippen molar-refractivity contribution in [3.8, 4) is 0 Å². The molecule has 1 atom stereocenters. The number of carboxylic acid groups (broad SMARTS) is 1. The van der Waals surface area contributed by atoms with E-state index in [1.165, 1.54) is 12.1 Å². The SMILES string of the molecule is C[C@@H](NC(=O)c1cc(C(=O)NCc2cccc(CNc3c(N)c(=O)c3=O)c2)nc2noc(=O)n12)c1ccc(C(=O)O)cc1. The smallest absolute Gasteiger partial charge is 0.448 e. The van der Waals surface area contributed by atoms with Gasteiger partial charge in [-0.05, 0) is 47.0 Å². The molecule has 2 amide bonds. The lowest BCUT2D eigenvalue weighted by Gasteiger charge is -2.15. The van der Waals surface area contributed by atoms with Crippen LogP contribution in [0.3, 0.4) is 0 Å². The highest BCUT2D eigenvalue weighted by molar-refractivity contribution is 5.98. The number of hydrogen-bond donors (Lipinski definition) is 5. The minimum Gasteiger partial charge on any atom is -0.478 e. The van der Waals surface area contributed by atoms with Crippen molar-refractivity contribution in [1.82, 2.24) is 25.2 Å². The highest BCUT2D eigenvalue weighted by Gasteiger charge is 2.22. The number of carbonyl (C=O) groups is 3. The van der Waals surface area contributed by atoms with Crippen molar-refractivity contribution in [2.75, 3.05) is 11.1 Å². The fourth-order valence-corrected chi connectivity index (χ4v) is 4.30. The summed E-state index contributed by atoms with van der Waals surface area (Å²) in [4.78, 5) is 76.5. The van der Waals surface area contributed by atoms with Crippen LogP contribution >= 0.6 is 0 Å². The van der Waals surface area contributed by atoms with Crippen LogP contribution in [0.4, 0.5) is 11.4 Å². The van der Waals surface area contributed by atoms with Gasteiger partial charge in [0.05, 0.1) is 11.6 Å². The third-order valence-corrected chi connectivity index (χ3v) is 6.65. The van der Waals surface area contributed by atoms with Crippen LogP contribution in [0.1, 0.15) is 61.0 Å². The second-order valence-corrected chi connectivity index (χ2v) is 9.54. The van der Waals surface area contributed by atoms with Gasteiger partial charge >= 0.3 is 11.7 Å². The van der Waals surface area contributed by atoms with E-state index in [0.717, 1.165) is 16.0 Å². The lowest BCUT2D eigenvalue weighted by atomic mass is 10.1. The molecule has 0 aliphatic rings. The molecule has 5 rings (SSSR count). The van der Waals surface area contributed by atoms with E-state index in [1.54, 1.807) is 43.3 Å². The van der Waals surface area contributed by atoms with Gasteiger partial charge in [-0.2, -0.15) is 0 Å². The fourth-order valence-electron chi connectivity index (χ4n) is 4.30. The quantitative estimate of drug-likeness (QED) is 0.142. The molecule has 0 fully saturated rings. The Labute approximate surface area is 240 Å². The largest absolute Gasteiger partial charge is 0.478 e. The average molecular weight is 586 g/mol. The maximum atomic E-state index is 13.2. The van der Waals surface area contributed by atoms with E-state index in [0.29, 0.717) is 11.1 Å². The van der Waals surface area contributed by atoms with E-state index in [-0.39, 0.29) is 47.2 Å². The molecule has 0 unspecified atom stereocenters. The number of nitrogens with one attached hydrogen (secondary N) is 3. The predicted octanol–water partition coefficient (Wildman–Crippen LogP) is 0.592. The van der Waals surface area contributed by atoms with Gasteiger partial charge in [-0.3, -0.25) is 23.7 Å². The van der Waals surface area contributed by atoms with Crippen LogP contribution in [-0.2, 0) is 13.1 Å². The maximum Gasteiger partial charge on any atom is 0.448 e. The molecule has 2 aromatic heterocycles. The lowest BCUT2D eigenvalue weighted by molar-refractivity contribution is 0.0696. The fraction of sp³-hybridized carbons (Fsp3) is 0.143. The van der Waals surface area contributed by atoms with E-state index in [4.69, 9.17) is 10.8 Å². The first-order valence-corrected chi connectivity index (χ1v) is 12.8. The van der Waals surface area contributed by atoms with Crippen LogP contribution in [0, 0.1) is 0 Å². The Morgan fingerprint density at radius 3 is 2.35 bits per heavy atom. The molecule has 3 aromatic carbocycles. The molecule has 43 heavy (non-hydrogen) atoms. The minimum atomic E-state index is -1.09. The van der Waals surface area contributed by atoms with Crippen molar-refractivity contribution in [1.29, 1.82) is 0 Å². The number of aromatic nitrogens is 3. The first-order chi connectivity index (χ1) is 20.5. The summed E-state index contributed by atoms with van der Waals surface area (Å²) in [5.41, 5.74) is 5.80. The molecule has 0 saturated heterocycles. The van der Waals surface area contributed by atoms with E-state index in [1.807, 2.05) is 0 Å². The number of benzene rings is 2. The van der Waals surface area contributed by atoms with Gasteiger partial charge in [-0.25, -0.2) is 19.0 Å². The molecule has 0 radical (unpaired) electrons. The molecule has 5 aromatic rings. The first kappa shape index (κ1) is 28.4. The van der Waals surface area contributed by atoms with Crippen LogP contribution in [0.15, 0.2) is 73.5 Å². The number of amides is 2. The monoisotopic (exact) mass is 585 g/mol. The summed E-state index contributed by atoms with van der Waals surface area (Å²) in [5.74, 6) is -3.76. The Bertz CT molecular complexity index is 2020. The minimum absolute atomic E-state index is 0.0678. The zero-order valence-electron chi connectivity index (χ0n) is 22.4. The molecule has 15 heteroatoms. The number of aromatic carboxylic acids is 1. The molecule has 0 aliphatic heterocycles. The number of nitrogens with zero attached hydrogens (tertiary/aromatic N) is 3. The summed E-state index contributed by atoms with van der Waals surface area (Å²) in [6.45, 7) is 1.95. The van der Waals surface area contributed by atoms with Gasteiger partial charge < -0.3 is 26.8 Å². The molecule has 0 saturated carbocycles. The van der Waals surface area contributed by atoms with Crippen LogP contribution < -0.4 is 38.3 Å². The standard InChI is InChI=1S/C28H23N7O8/c1-13(16-5-7-17(8-6-16)26(40)41)32-25(39)19-10-18(33-27-34-43-28(42)35(19)27)24(38)31-12-15-4-2-3-14(9-15)11-30-21-20(29)22(36)23(21)37/h2-10,13,30H,11-12,29H2,1H3,(H,31,38)(H,32,39)(H,40,41)/t13-/m1/s1. The van der Waals surface area contributed by atoms with Gasteiger partial charge in [0.2, 0.25) is 0 Å². The number of rotatable bonds is 10. The molecule has 0 bridgehead atoms. The molecule has 15 nitrogen and oxygen atoms in total. The van der Waals surface area contributed by atoms with Gasteiger partial charge in [-0.15, -0.1) is 0 Å². The third kappa shape index (κ3) is 5.72.